The van der Waals surface area contributed by atoms with Gasteiger partial charge < -0.3 is 0 Å². The average Bonchev–Trinajstić information content (AvgIpc) is 2.51. The largest absolute Gasteiger partial charge is 0.207 e. The van der Waals surface area contributed by atoms with E-state index in [0.717, 1.165) is 16.7 Å². The van der Waals surface area contributed by atoms with Crippen molar-refractivity contribution in [1.82, 2.24) is 0 Å². The van der Waals surface area contributed by atoms with Crippen molar-refractivity contribution in [3.8, 4) is 0 Å². The van der Waals surface area contributed by atoms with Crippen LogP contribution in [0.1, 0.15) is 17.5 Å². The summed E-state index contributed by atoms with van der Waals surface area (Å²) >= 11 is 4.91. The summed E-state index contributed by atoms with van der Waals surface area (Å²) in [7, 11) is 0. The van der Waals surface area contributed by atoms with Gasteiger partial charge in [-0.1, -0.05) is 60.7 Å². The minimum Gasteiger partial charge on any atom is -0.207 e. The molecule has 0 radical (unpaired) electrons. The lowest BCUT2D eigenvalue weighted by molar-refractivity contribution is 0.640. The zero-order valence-corrected chi connectivity index (χ0v) is 11.9. The lowest BCUT2D eigenvalue weighted by atomic mass is 9.80. The summed E-state index contributed by atoms with van der Waals surface area (Å²) in [6, 6.07) is 19.9. The van der Waals surface area contributed by atoms with E-state index < -0.39 is 4.75 Å². The molecule has 0 N–H and O–H groups in total. The van der Waals surface area contributed by atoms with Crippen LogP contribution >= 0.6 is 12.6 Å². The minimum absolute atomic E-state index is 0.190. The molecular weight excluding hydrogens is 267 g/mol. The number of benzene rings is 2. The first-order valence-corrected chi connectivity index (χ1v) is 7.06. The van der Waals surface area contributed by atoms with Gasteiger partial charge in [0.25, 0.3) is 0 Å². The summed E-state index contributed by atoms with van der Waals surface area (Å²) in [5, 5.41) is 0. The Morgan fingerprint density at radius 2 is 1.50 bits per heavy atom. The predicted molar refractivity (Wildman–Crippen MR) is 85.3 cm³/mol. The van der Waals surface area contributed by atoms with Gasteiger partial charge in [0, 0.05) is 0 Å². The maximum absolute atomic E-state index is 13.7. The Labute approximate surface area is 124 Å². The van der Waals surface area contributed by atoms with Crippen LogP contribution in [0.15, 0.2) is 78.6 Å². The van der Waals surface area contributed by atoms with Gasteiger partial charge in [0.1, 0.15) is 5.83 Å². The van der Waals surface area contributed by atoms with Crippen LogP contribution in [-0.4, -0.2) is 0 Å². The van der Waals surface area contributed by atoms with Gasteiger partial charge in [0.05, 0.1) is 4.75 Å². The fourth-order valence-electron chi connectivity index (χ4n) is 2.60. The second kappa shape index (κ2) is 5.29. The molecule has 0 saturated carbocycles. The van der Waals surface area contributed by atoms with Crippen molar-refractivity contribution in [2.75, 3.05) is 0 Å². The van der Waals surface area contributed by atoms with E-state index in [1.165, 1.54) is 0 Å². The molecule has 1 unspecified atom stereocenters. The summed E-state index contributed by atoms with van der Waals surface area (Å²) < 4.78 is 13.2. The zero-order valence-electron chi connectivity index (χ0n) is 11.0. The molecule has 20 heavy (non-hydrogen) atoms. The van der Waals surface area contributed by atoms with E-state index in [1.54, 1.807) is 12.2 Å². The molecule has 100 valence electrons. The third-order valence-electron chi connectivity index (χ3n) is 3.66. The van der Waals surface area contributed by atoms with Crippen molar-refractivity contribution in [1.29, 1.82) is 0 Å². The molecule has 3 rings (SSSR count). The van der Waals surface area contributed by atoms with E-state index in [-0.39, 0.29) is 5.83 Å². The van der Waals surface area contributed by atoms with E-state index >= 15 is 0 Å². The highest BCUT2D eigenvalue weighted by atomic mass is 32.1. The van der Waals surface area contributed by atoms with Crippen LogP contribution in [-0.2, 0) is 4.75 Å². The fraction of sp³-hybridized carbons (Fsp3) is 0.111. The molecule has 1 aliphatic rings. The number of allylic oxidation sites excluding steroid dienone is 3. The molecule has 2 aromatic carbocycles. The van der Waals surface area contributed by atoms with Crippen LogP contribution in [0.25, 0.3) is 5.57 Å². The summed E-state index contributed by atoms with van der Waals surface area (Å²) in [5.41, 5.74) is 3.00. The molecule has 0 saturated heterocycles. The molecule has 1 atom stereocenters. The van der Waals surface area contributed by atoms with Crippen molar-refractivity contribution >= 4 is 18.2 Å². The number of hydrogen-bond acceptors (Lipinski definition) is 1. The summed E-state index contributed by atoms with van der Waals surface area (Å²) in [6.07, 6.45) is 3.75. The van der Waals surface area contributed by atoms with Crippen LogP contribution in [0.4, 0.5) is 4.39 Å². The molecular formula is C18H15FS. The van der Waals surface area contributed by atoms with Crippen molar-refractivity contribution in [2.24, 2.45) is 0 Å². The quantitative estimate of drug-likeness (QED) is 0.723. The van der Waals surface area contributed by atoms with Gasteiger partial charge in [-0.05, 0) is 35.3 Å². The molecule has 2 heteroatoms. The van der Waals surface area contributed by atoms with Crippen LogP contribution in [0.2, 0.25) is 0 Å². The highest BCUT2D eigenvalue weighted by Crippen LogP contribution is 2.47. The van der Waals surface area contributed by atoms with Crippen molar-refractivity contribution in [3.05, 3.63) is 89.8 Å². The number of halogens is 1. The third-order valence-corrected chi connectivity index (χ3v) is 4.34. The lowest BCUT2D eigenvalue weighted by Crippen LogP contribution is -2.22. The molecule has 1 aliphatic carbocycles. The first kappa shape index (κ1) is 13.2. The summed E-state index contributed by atoms with van der Waals surface area (Å²) in [5.74, 6) is -0.190. The Bertz CT molecular complexity index is 658. The molecule has 0 nitrogen and oxygen atoms in total. The predicted octanol–water partition coefficient (Wildman–Crippen LogP) is 5.15. The SMILES string of the molecule is FC1=CCC(S)(c2ccccc2)C(c2ccccc2)=C1. The van der Waals surface area contributed by atoms with E-state index in [0.29, 0.717) is 6.42 Å². The fourth-order valence-corrected chi connectivity index (χ4v) is 3.03. The average molecular weight is 282 g/mol. The van der Waals surface area contributed by atoms with Gasteiger partial charge in [-0.25, -0.2) is 4.39 Å². The second-order valence-corrected chi connectivity index (χ2v) is 5.71. The van der Waals surface area contributed by atoms with E-state index in [9.17, 15) is 4.39 Å². The highest BCUT2D eigenvalue weighted by Gasteiger charge is 2.34. The summed E-state index contributed by atoms with van der Waals surface area (Å²) in [6.45, 7) is 0. The smallest absolute Gasteiger partial charge is 0.119 e. The van der Waals surface area contributed by atoms with Crippen molar-refractivity contribution in [3.63, 3.8) is 0 Å². The highest BCUT2D eigenvalue weighted by molar-refractivity contribution is 7.82. The van der Waals surface area contributed by atoms with Crippen molar-refractivity contribution < 1.29 is 4.39 Å². The Kier molecular flexibility index (Phi) is 3.49. The number of thiol groups is 1. The second-order valence-electron chi connectivity index (χ2n) is 4.94. The molecule has 2 aromatic rings. The lowest BCUT2D eigenvalue weighted by Gasteiger charge is -2.33. The monoisotopic (exact) mass is 282 g/mol. The Hall–Kier alpha value is -1.80. The minimum atomic E-state index is -0.488. The Balaban J connectivity index is 2.14. The van der Waals surface area contributed by atoms with Gasteiger partial charge in [0.2, 0.25) is 0 Å². The van der Waals surface area contributed by atoms with Gasteiger partial charge >= 0.3 is 0 Å². The topological polar surface area (TPSA) is 0 Å². The standard InChI is InChI=1S/C18H15FS/c19-16-11-12-18(20,15-9-5-2-6-10-15)17(13-16)14-7-3-1-4-8-14/h1-11,13,20H,12H2. The van der Waals surface area contributed by atoms with Crippen LogP contribution in [0.3, 0.4) is 0 Å². The Morgan fingerprint density at radius 1 is 0.900 bits per heavy atom. The van der Waals surface area contributed by atoms with E-state index in [2.05, 4.69) is 0 Å². The molecule has 0 aromatic heterocycles. The molecule has 0 heterocycles. The van der Waals surface area contributed by atoms with Crippen molar-refractivity contribution in [2.45, 2.75) is 11.2 Å². The summed E-state index contributed by atoms with van der Waals surface area (Å²) in [4.78, 5) is 0. The normalized spacial score (nSPS) is 22.1. The van der Waals surface area contributed by atoms with Gasteiger partial charge in [-0.15, -0.1) is 0 Å². The van der Waals surface area contributed by atoms with Gasteiger partial charge in [0.15, 0.2) is 0 Å². The van der Waals surface area contributed by atoms with Crippen LogP contribution in [0, 0.1) is 0 Å². The third kappa shape index (κ3) is 2.32. The Morgan fingerprint density at radius 3 is 2.15 bits per heavy atom. The molecule has 0 fully saturated rings. The van der Waals surface area contributed by atoms with Gasteiger partial charge in [-0.2, -0.15) is 12.6 Å². The molecule has 0 aliphatic heterocycles. The van der Waals surface area contributed by atoms with E-state index in [4.69, 9.17) is 12.6 Å². The number of rotatable bonds is 2. The van der Waals surface area contributed by atoms with Crippen LogP contribution < -0.4 is 0 Å². The molecule has 0 amide bonds. The first-order valence-electron chi connectivity index (χ1n) is 6.61. The van der Waals surface area contributed by atoms with Gasteiger partial charge in [-0.3, -0.25) is 0 Å². The number of hydrogen-bond donors (Lipinski definition) is 1. The maximum Gasteiger partial charge on any atom is 0.119 e. The zero-order chi connectivity index (χ0) is 14.0. The van der Waals surface area contributed by atoms with E-state index in [1.807, 2.05) is 60.7 Å². The first-order chi connectivity index (χ1) is 9.70. The van der Waals surface area contributed by atoms with Crippen LogP contribution in [0.5, 0.6) is 0 Å². The maximum atomic E-state index is 13.7. The molecule has 0 spiro atoms. The molecule has 0 bridgehead atoms.